The normalized spacial score (nSPS) is 11.4. The van der Waals surface area contributed by atoms with Crippen molar-refractivity contribution in [1.82, 2.24) is 10.2 Å². The van der Waals surface area contributed by atoms with Gasteiger partial charge in [-0.3, -0.25) is 9.89 Å². The van der Waals surface area contributed by atoms with Gasteiger partial charge in [-0.05, 0) is 24.6 Å². The van der Waals surface area contributed by atoms with Gasteiger partial charge in [-0.1, -0.05) is 26.8 Å². The van der Waals surface area contributed by atoms with E-state index in [1.165, 1.54) is 0 Å². The first kappa shape index (κ1) is 14.1. The molecule has 1 heterocycles. The summed E-state index contributed by atoms with van der Waals surface area (Å²) < 4.78 is 0. The molecule has 5 nitrogen and oxygen atoms in total. The van der Waals surface area contributed by atoms with E-state index in [0.29, 0.717) is 17.1 Å². The molecule has 0 aliphatic carbocycles. The summed E-state index contributed by atoms with van der Waals surface area (Å²) in [5.74, 6) is 0.294. The summed E-state index contributed by atoms with van der Waals surface area (Å²) >= 11 is 0. The van der Waals surface area contributed by atoms with Crippen molar-refractivity contribution in [3.8, 4) is 0 Å². The van der Waals surface area contributed by atoms with Gasteiger partial charge in [0.1, 0.15) is 0 Å². The Hall–Kier alpha value is -2.30. The molecular weight excluding hydrogens is 252 g/mol. The molecular formula is C15H20N4O. The number of hydrogen-bond donors (Lipinski definition) is 3. The van der Waals surface area contributed by atoms with E-state index >= 15 is 0 Å². The fourth-order valence-electron chi connectivity index (χ4n) is 1.74. The van der Waals surface area contributed by atoms with Crippen LogP contribution in [0.15, 0.2) is 24.3 Å². The smallest absolute Gasteiger partial charge is 0.256 e. The summed E-state index contributed by atoms with van der Waals surface area (Å²) in [5, 5.41) is 9.79. The van der Waals surface area contributed by atoms with Gasteiger partial charge in [0.05, 0.1) is 0 Å². The molecule has 0 fully saturated rings. The van der Waals surface area contributed by atoms with Gasteiger partial charge >= 0.3 is 0 Å². The van der Waals surface area contributed by atoms with E-state index in [1.54, 1.807) is 12.1 Å². The highest BCUT2D eigenvalue weighted by Crippen LogP contribution is 2.22. The van der Waals surface area contributed by atoms with Crippen molar-refractivity contribution in [1.29, 1.82) is 0 Å². The van der Waals surface area contributed by atoms with E-state index < -0.39 is 0 Å². The third kappa shape index (κ3) is 2.99. The van der Waals surface area contributed by atoms with Gasteiger partial charge < -0.3 is 11.1 Å². The zero-order chi connectivity index (χ0) is 14.9. The van der Waals surface area contributed by atoms with Crippen LogP contribution < -0.4 is 11.1 Å². The third-order valence-corrected chi connectivity index (χ3v) is 3.17. The number of amides is 1. The topological polar surface area (TPSA) is 83.8 Å². The molecule has 106 valence electrons. The summed E-state index contributed by atoms with van der Waals surface area (Å²) in [7, 11) is 0. The van der Waals surface area contributed by atoms with Crippen LogP contribution in [0.1, 0.15) is 42.4 Å². The van der Waals surface area contributed by atoms with E-state index in [9.17, 15) is 4.79 Å². The van der Waals surface area contributed by atoms with Crippen LogP contribution in [-0.4, -0.2) is 16.1 Å². The molecule has 0 unspecified atom stereocenters. The zero-order valence-corrected chi connectivity index (χ0v) is 12.2. The Kier molecular flexibility index (Phi) is 3.53. The largest absolute Gasteiger partial charge is 0.398 e. The van der Waals surface area contributed by atoms with Crippen LogP contribution in [-0.2, 0) is 5.41 Å². The number of anilines is 2. The predicted octanol–water partition coefficient (Wildman–Crippen LogP) is 2.85. The molecule has 0 saturated carbocycles. The fraction of sp³-hybridized carbons (Fsp3) is 0.333. The Labute approximate surface area is 118 Å². The lowest BCUT2D eigenvalue weighted by Crippen LogP contribution is -2.13. The minimum atomic E-state index is -0.219. The molecule has 0 bridgehead atoms. The number of benzene rings is 1. The number of aromatic amines is 1. The second-order valence-corrected chi connectivity index (χ2v) is 5.94. The molecule has 1 amide bonds. The summed E-state index contributed by atoms with van der Waals surface area (Å²) in [4.78, 5) is 12.1. The first-order chi connectivity index (χ1) is 9.27. The molecule has 0 radical (unpaired) electrons. The van der Waals surface area contributed by atoms with E-state index in [2.05, 4.69) is 36.3 Å². The van der Waals surface area contributed by atoms with Gasteiger partial charge in [0, 0.05) is 28.4 Å². The molecule has 0 spiro atoms. The number of carbonyl (C=O) groups excluding carboxylic acids is 1. The van der Waals surface area contributed by atoms with E-state index in [1.807, 2.05) is 19.1 Å². The van der Waals surface area contributed by atoms with Crippen LogP contribution in [0.5, 0.6) is 0 Å². The number of nitrogens with zero attached hydrogens (tertiary/aromatic N) is 1. The SMILES string of the molecule is Cc1ccc(C(=O)Nc2cc(C(C)(C)C)[nH]n2)cc1N. The molecule has 0 saturated heterocycles. The molecule has 0 atom stereocenters. The molecule has 4 N–H and O–H groups in total. The predicted molar refractivity (Wildman–Crippen MR) is 80.8 cm³/mol. The van der Waals surface area contributed by atoms with Crippen LogP contribution >= 0.6 is 0 Å². The second kappa shape index (κ2) is 5.00. The Morgan fingerprint density at radius 2 is 2.00 bits per heavy atom. The number of nitrogen functional groups attached to an aromatic ring is 1. The standard InChI is InChI=1S/C15H20N4O/c1-9-5-6-10(7-11(9)16)14(20)17-13-8-12(18-19-13)15(2,3)4/h5-8H,16H2,1-4H3,(H2,17,18,19,20). The number of aryl methyl sites for hydroxylation is 1. The van der Waals surface area contributed by atoms with Crippen LogP contribution in [0.4, 0.5) is 11.5 Å². The highest BCUT2D eigenvalue weighted by Gasteiger charge is 2.17. The maximum Gasteiger partial charge on any atom is 0.256 e. The van der Waals surface area contributed by atoms with Crippen LogP contribution in [0.25, 0.3) is 0 Å². The number of nitrogens with one attached hydrogen (secondary N) is 2. The lowest BCUT2D eigenvalue weighted by Gasteiger charge is -2.14. The number of aromatic nitrogens is 2. The Bertz CT molecular complexity index is 638. The molecule has 5 heteroatoms. The quantitative estimate of drug-likeness (QED) is 0.735. The molecule has 2 aromatic rings. The monoisotopic (exact) mass is 272 g/mol. The Balaban J connectivity index is 2.15. The van der Waals surface area contributed by atoms with Gasteiger partial charge in [-0.15, -0.1) is 0 Å². The van der Waals surface area contributed by atoms with Crippen LogP contribution in [0.2, 0.25) is 0 Å². The summed E-state index contributed by atoms with van der Waals surface area (Å²) in [5.41, 5.74) is 8.83. The van der Waals surface area contributed by atoms with Crippen molar-refractivity contribution < 1.29 is 4.79 Å². The number of rotatable bonds is 2. The number of hydrogen-bond acceptors (Lipinski definition) is 3. The van der Waals surface area contributed by atoms with Crippen molar-refractivity contribution in [2.45, 2.75) is 33.1 Å². The van der Waals surface area contributed by atoms with Crippen LogP contribution in [0.3, 0.4) is 0 Å². The van der Waals surface area contributed by atoms with Gasteiger partial charge in [0.25, 0.3) is 5.91 Å². The number of carbonyl (C=O) groups is 1. The van der Waals surface area contributed by atoms with Gasteiger partial charge in [0.2, 0.25) is 0 Å². The van der Waals surface area contributed by atoms with Crippen molar-refractivity contribution in [2.24, 2.45) is 0 Å². The second-order valence-electron chi connectivity index (χ2n) is 5.94. The Morgan fingerprint density at radius 1 is 1.30 bits per heavy atom. The van der Waals surface area contributed by atoms with Crippen molar-refractivity contribution >= 4 is 17.4 Å². The molecule has 0 aliphatic rings. The van der Waals surface area contributed by atoms with Crippen molar-refractivity contribution in [3.63, 3.8) is 0 Å². The van der Waals surface area contributed by atoms with E-state index in [4.69, 9.17) is 5.73 Å². The molecule has 1 aromatic heterocycles. The highest BCUT2D eigenvalue weighted by atomic mass is 16.1. The van der Waals surface area contributed by atoms with E-state index in [-0.39, 0.29) is 11.3 Å². The van der Waals surface area contributed by atoms with Gasteiger partial charge in [0.15, 0.2) is 5.82 Å². The highest BCUT2D eigenvalue weighted by molar-refractivity contribution is 6.04. The van der Waals surface area contributed by atoms with E-state index in [0.717, 1.165) is 11.3 Å². The molecule has 20 heavy (non-hydrogen) atoms. The summed E-state index contributed by atoms with van der Waals surface area (Å²) in [6.45, 7) is 8.13. The molecule has 2 rings (SSSR count). The lowest BCUT2D eigenvalue weighted by atomic mass is 9.92. The van der Waals surface area contributed by atoms with Crippen molar-refractivity contribution in [2.75, 3.05) is 11.1 Å². The third-order valence-electron chi connectivity index (χ3n) is 3.17. The minimum absolute atomic E-state index is 0.0374. The van der Waals surface area contributed by atoms with Gasteiger partial charge in [-0.25, -0.2) is 0 Å². The average Bonchev–Trinajstić information content (AvgIpc) is 2.81. The Morgan fingerprint density at radius 3 is 2.55 bits per heavy atom. The number of nitrogens with two attached hydrogens (primary N) is 1. The maximum absolute atomic E-state index is 12.1. The van der Waals surface area contributed by atoms with Gasteiger partial charge in [-0.2, -0.15) is 5.10 Å². The maximum atomic E-state index is 12.1. The summed E-state index contributed by atoms with van der Waals surface area (Å²) in [6.07, 6.45) is 0. The number of H-pyrrole nitrogens is 1. The minimum Gasteiger partial charge on any atom is -0.398 e. The lowest BCUT2D eigenvalue weighted by molar-refractivity contribution is 0.102. The molecule has 0 aliphatic heterocycles. The summed E-state index contributed by atoms with van der Waals surface area (Å²) in [6, 6.07) is 7.09. The average molecular weight is 272 g/mol. The van der Waals surface area contributed by atoms with Crippen LogP contribution in [0, 0.1) is 6.92 Å². The zero-order valence-electron chi connectivity index (χ0n) is 12.2. The first-order valence-corrected chi connectivity index (χ1v) is 6.51. The first-order valence-electron chi connectivity index (χ1n) is 6.51. The van der Waals surface area contributed by atoms with Crippen molar-refractivity contribution in [3.05, 3.63) is 41.1 Å². The molecule has 1 aromatic carbocycles. The fourth-order valence-corrected chi connectivity index (χ4v) is 1.74.